The van der Waals surface area contributed by atoms with Gasteiger partial charge >= 0.3 is 0 Å². The van der Waals surface area contributed by atoms with E-state index in [-0.39, 0.29) is 10.9 Å². The van der Waals surface area contributed by atoms with Gasteiger partial charge < -0.3 is 11.1 Å². The Hall–Kier alpha value is -1.44. The molecule has 6 nitrogen and oxygen atoms in total. The largest absolute Gasteiger partial charge is 0.366 e. The standard InChI is InChI=1S/C12H17N3O3S/c1-9-8-15(7-6-14-9)19(17,18)11-4-2-10(3-5-11)12(13)16/h2-5,9,14H,6-8H2,1H3,(H2,13,16)/t9-/m1/s1. The predicted molar refractivity (Wildman–Crippen MR) is 71.2 cm³/mol. The first-order valence-corrected chi connectivity index (χ1v) is 7.48. The molecule has 7 heteroatoms. The quantitative estimate of drug-likeness (QED) is 0.801. The van der Waals surface area contributed by atoms with Crippen LogP contribution in [0, 0.1) is 0 Å². The number of hydrogen-bond donors (Lipinski definition) is 2. The molecule has 1 fully saturated rings. The zero-order valence-electron chi connectivity index (χ0n) is 10.7. The first kappa shape index (κ1) is 14.0. The Balaban J connectivity index is 2.26. The molecule has 0 bridgehead atoms. The molecule has 1 heterocycles. The van der Waals surface area contributed by atoms with E-state index in [2.05, 4.69) is 5.32 Å². The number of sulfonamides is 1. The lowest BCUT2D eigenvalue weighted by molar-refractivity contribution is 0.1000. The average Bonchev–Trinajstić information content (AvgIpc) is 2.39. The first-order chi connectivity index (χ1) is 8.91. The van der Waals surface area contributed by atoms with Crippen molar-refractivity contribution in [2.24, 2.45) is 5.73 Å². The van der Waals surface area contributed by atoms with Gasteiger partial charge in [-0.2, -0.15) is 4.31 Å². The second-order valence-corrected chi connectivity index (χ2v) is 6.54. The number of hydrogen-bond acceptors (Lipinski definition) is 4. The normalized spacial score (nSPS) is 21.2. The molecule has 1 atom stereocenters. The van der Waals surface area contributed by atoms with Gasteiger partial charge in [-0.05, 0) is 31.2 Å². The minimum atomic E-state index is -3.50. The molecule has 1 aliphatic rings. The van der Waals surface area contributed by atoms with Crippen LogP contribution in [0.25, 0.3) is 0 Å². The number of primary amides is 1. The van der Waals surface area contributed by atoms with Crippen LogP contribution < -0.4 is 11.1 Å². The third-order valence-electron chi connectivity index (χ3n) is 3.11. The molecule has 0 radical (unpaired) electrons. The van der Waals surface area contributed by atoms with E-state index in [1.165, 1.54) is 28.6 Å². The molecule has 0 aliphatic carbocycles. The van der Waals surface area contributed by atoms with Crippen LogP contribution in [0.15, 0.2) is 29.2 Å². The summed E-state index contributed by atoms with van der Waals surface area (Å²) in [6.07, 6.45) is 0. The number of piperazine rings is 1. The van der Waals surface area contributed by atoms with E-state index in [1.807, 2.05) is 6.92 Å². The lowest BCUT2D eigenvalue weighted by Crippen LogP contribution is -2.51. The van der Waals surface area contributed by atoms with Gasteiger partial charge in [0.15, 0.2) is 0 Å². The lowest BCUT2D eigenvalue weighted by Gasteiger charge is -2.31. The highest BCUT2D eigenvalue weighted by Crippen LogP contribution is 2.17. The minimum Gasteiger partial charge on any atom is -0.366 e. The van der Waals surface area contributed by atoms with Gasteiger partial charge in [-0.25, -0.2) is 8.42 Å². The summed E-state index contributed by atoms with van der Waals surface area (Å²) >= 11 is 0. The predicted octanol–water partition coefficient (Wildman–Crippen LogP) is -0.232. The van der Waals surface area contributed by atoms with Gasteiger partial charge in [0.25, 0.3) is 0 Å². The van der Waals surface area contributed by atoms with Crippen LogP contribution in [0.3, 0.4) is 0 Å². The summed E-state index contributed by atoms with van der Waals surface area (Å²) in [5.74, 6) is -0.570. The number of nitrogens with zero attached hydrogens (tertiary/aromatic N) is 1. The highest BCUT2D eigenvalue weighted by molar-refractivity contribution is 7.89. The zero-order valence-corrected chi connectivity index (χ0v) is 11.5. The Bertz CT molecular complexity index is 568. The van der Waals surface area contributed by atoms with Gasteiger partial charge in [0, 0.05) is 31.2 Å². The van der Waals surface area contributed by atoms with E-state index in [4.69, 9.17) is 5.73 Å². The molecule has 1 amide bonds. The van der Waals surface area contributed by atoms with Crippen molar-refractivity contribution in [2.45, 2.75) is 17.9 Å². The van der Waals surface area contributed by atoms with Gasteiger partial charge in [-0.1, -0.05) is 0 Å². The van der Waals surface area contributed by atoms with E-state index in [0.717, 1.165) is 0 Å². The molecule has 2 rings (SSSR count). The van der Waals surface area contributed by atoms with Crippen LogP contribution in [0.4, 0.5) is 0 Å². The minimum absolute atomic E-state index is 0.133. The van der Waals surface area contributed by atoms with Gasteiger partial charge in [0.1, 0.15) is 0 Å². The third-order valence-corrected chi connectivity index (χ3v) is 4.99. The highest BCUT2D eigenvalue weighted by Gasteiger charge is 2.28. The topological polar surface area (TPSA) is 92.5 Å². The molecule has 0 saturated carbocycles. The van der Waals surface area contributed by atoms with Gasteiger partial charge in [-0.3, -0.25) is 4.79 Å². The fourth-order valence-electron chi connectivity index (χ4n) is 2.06. The molecule has 1 aliphatic heterocycles. The summed E-state index contributed by atoms with van der Waals surface area (Å²) in [7, 11) is -3.50. The fourth-order valence-corrected chi connectivity index (χ4v) is 3.59. The number of carbonyl (C=O) groups excluding carboxylic acids is 1. The Morgan fingerprint density at radius 1 is 1.37 bits per heavy atom. The van der Waals surface area contributed by atoms with Gasteiger partial charge in [-0.15, -0.1) is 0 Å². The highest BCUT2D eigenvalue weighted by atomic mass is 32.2. The molecular formula is C12H17N3O3S. The number of nitrogens with one attached hydrogen (secondary N) is 1. The van der Waals surface area contributed by atoms with Crippen LogP contribution in [0.5, 0.6) is 0 Å². The van der Waals surface area contributed by atoms with E-state index >= 15 is 0 Å². The Labute approximate surface area is 112 Å². The second-order valence-electron chi connectivity index (χ2n) is 4.61. The zero-order chi connectivity index (χ0) is 14.0. The smallest absolute Gasteiger partial charge is 0.248 e. The molecular weight excluding hydrogens is 266 g/mol. The maximum atomic E-state index is 12.4. The number of benzene rings is 1. The fraction of sp³-hybridized carbons (Fsp3) is 0.417. The molecule has 104 valence electrons. The van der Waals surface area contributed by atoms with Crippen molar-refractivity contribution in [3.05, 3.63) is 29.8 Å². The number of amides is 1. The summed E-state index contributed by atoms with van der Waals surface area (Å²) in [4.78, 5) is 11.1. The van der Waals surface area contributed by atoms with Gasteiger partial charge in [0.05, 0.1) is 4.90 Å². The van der Waals surface area contributed by atoms with E-state index < -0.39 is 15.9 Å². The van der Waals surface area contributed by atoms with Gasteiger partial charge in [0.2, 0.25) is 15.9 Å². The average molecular weight is 283 g/mol. The van der Waals surface area contributed by atoms with Crippen molar-refractivity contribution in [1.82, 2.24) is 9.62 Å². The van der Waals surface area contributed by atoms with E-state index in [9.17, 15) is 13.2 Å². The van der Waals surface area contributed by atoms with Crippen molar-refractivity contribution >= 4 is 15.9 Å². The maximum Gasteiger partial charge on any atom is 0.248 e. The van der Waals surface area contributed by atoms with E-state index in [1.54, 1.807) is 0 Å². The molecule has 3 N–H and O–H groups in total. The number of rotatable bonds is 3. The summed E-state index contributed by atoms with van der Waals surface area (Å²) in [5.41, 5.74) is 5.43. The SMILES string of the molecule is C[C@@H]1CN(S(=O)(=O)c2ccc(C(N)=O)cc2)CCN1. The monoisotopic (exact) mass is 283 g/mol. The summed E-state index contributed by atoms with van der Waals surface area (Å²) in [6, 6.07) is 5.83. The Morgan fingerprint density at radius 2 is 2.00 bits per heavy atom. The molecule has 19 heavy (non-hydrogen) atoms. The van der Waals surface area contributed by atoms with E-state index in [0.29, 0.717) is 25.2 Å². The molecule has 1 saturated heterocycles. The summed E-state index contributed by atoms with van der Waals surface area (Å²) in [6.45, 7) is 3.47. The van der Waals surface area contributed by atoms with Crippen molar-refractivity contribution in [1.29, 1.82) is 0 Å². The van der Waals surface area contributed by atoms with Crippen LogP contribution in [-0.2, 0) is 10.0 Å². The molecule has 1 aromatic carbocycles. The number of nitrogens with two attached hydrogens (primary N) is 1. The van der Waals surface area contributed by atoms with Crippen molar-refractivity contribution < 1.29 is 13.2 Å². The van der Waals surface area contributed by atoms with Crippen molar-refractivity contribution in [3.8, 4) is 0 Å². The lowest BCUT2D eigenvalue weighted by atomic mass is 10.2. The Kier molecular flexibility index (Phi) is 3.88. The second kappa shape index (κ2) is 5.28. The number of carbonyl (C=O) groups is 1. The van der Waals surface area contributed by atoms with Crippen LogP contribution in [-0.4, -0.2) is 44.3 Å². The Morgan fingerprint density at radius 3 is 2.53 bits per heavy atom. The molecule has 0 unspecified atom stereocenters. The summed E-state index contributed by atoms with van der Waals surface area (Å²) in [5, 5.41) is 3.19. The maximum absolute atomic E-state index is 12.4. The molecule has 0 spiro atoms. The summed E-state index contributed by atoms with van der Waals surface area (Å²) < 4.78 is 26.2. The van der Waals surface area contributed by atoms with Crippen molar-refractivity contribution in [2.75, 3.05) is 19.6 Å². The first-order valence-electron chi connectivity index (χ1n) is 6.04. The van der Waals surface area contributed by atoms with Crippen LogP contribution in [0.2, 0.25) is 0 Å². The molecule has 1 aromatic rings. The van der Waals surface area contributed by atoms with Crippen LogP contribution >= 0.6 is 0 Å². The molecule has 0 aromatic heterocycles. The van der Waals surface area contributed by atoms with Crippen molar-refractivity contribution in [3.63, 3.8) is 0 Å². The van der Waals surface area contributed by atoms with Crippen LogP contribution in [0.1, 0.15) is 17.3 Å². The third kappa shape index (κ3) is 2.94.